The van der Waals surface area contributed by atoms with Crippen molar-refractivity contribution in [2.45, 2.75) is 171 Å². The molecule has 16 N–H and O–H groups in total. The lowest BCUT2D eigenvalue weighted by Crippen LogP contribution is -2.61. The predicted octanol–water partition coefficient (Wildman–Crippen LogP) is 2.73. The summed E-state index contributed by atoms with van der Waals surface area (Å²) in [5.74, 6) is -9.06. The van der Waals surface area contributed by atoms with Gasteiger partial charge < -0.3 is 84.3 Å². The Morgan fingerprint density at radius 3 is 1.78 bits per heavy atom. The van der Waals surface area contributed by atoms with Crippen LogP contribution in [0.1, 0.15) is 106 Å². The molecule has 0 aliphatic carbocycles. The zero-order valence-corrected chi connectivity index (χ0v) is 66.2. The molecule has 4 fully saturated rings. The van der Waals surface area contributed by atoms with Gasteiger partial charge in [-0.05, 0) is 139 Å². The number of hydrogen-bond acceptors (Lipinski definition) is 17. The Morgan fingerprint density at radius 1 is 0.603 bits per heavy atom. The number of halogens is 1. The molecule has 5 aromatic carbocycles. The number of hydrogen-bond donors (Lipinski definition) is 14. The molecule has 32 nitrogen and oxygen atoms in total. The van der Waals surface area contributed by atoms with Crippen LogP contribution in [0.2, 0.25) is 5.02 Å². The highest BCUT2D eigenvalue weighted by Gasteiger charge is 2.46. The first kappa shape index (κ1) is 86.8. The van der Waals surface area contributed by atoms with Crippen LogP contribution in [0.5, 0.6) is 0 Å². The normalized spacial score (nSPS) is 17.7. The Labute approximate surface area is 678 Å². The summed E-state index contributed by atoms with van der Waals surface area (Å²) in [6, 6.07) is 21.6. The molecule has 4 aliphatic heterocycles. The van der Waals surface area contributed by atoms with Crippen molar-refractivity contribution in [2.75, 3.05) is 64.4 Å². The van der Waals surface area contributed by atoms with E-state index in [1.807, 2.05) is 54.6 Å². The number of ether oxygens (including phenoxy) is 1. The van der Waals surface area contributed by atoms with E-state index in [4.69, 9.17) is 33.2 Å². The van der Waals surface area contributed by atoms with E-state index in [2.05, 4.69) is 63.1 Å². The number of aliphatic hydroxyl groups is 1. The van der Waals surface area contributed by atoms with Crippen LogP contribution in [-0.4, -0.2) is 226 Å². The summed E-state index contributed by atoms with van der Waals surface area (Å²) >= 11 is 6.29. The van der Waals surface area contributed by atoms with Crippen molar-refractivity contribution >= 4 is 105 Å². The number of morpholine rings is 1. The number of carbonyl (C=O) groups excluding carboxylic acids is 12. The number of guanidine groups is 1. The average molecular weight is 1610 g/mol. The molecule has 0 saturated carbocycles. The zero-order valence-electron chi connectivity index (χ0n) is 65.4. The number of piperidine rings is 1. The largest absolute Gasteiger partial charge is 0.394 e. The third-order valence-electron chi connectivity index (χ3n) is 21.0. The fraction of sp³-hybridized carbons (Fsp3) is 0.446. The Balaban J connectivity index is 0.930. The topological polar surface area (TPSA) is 456 Å². The maximum atomic E-state index is 15.6. The first-order valence-corrected chi connectivity index (χ1v) is 39.8. The van der Waals surface area contributed by atoms with Gasteiger partial charge in [0.2, 0.25) is 53.2 Å². The van der Waals surface area contributed by atoms with E-state index in [-0.39, 0.29) is 88.8 Å². The van der Waals surface area contributed by atoms with Crippen LogP contribution in [0.25, 0.3) is 10.8 Å². The number of aromatic nitrogens is 1. The summed E-state index contributed by atoms with van der Waals surface area (Å²) < 4.78 is 5.57. The maximum absolute atomic E-state index is 15.6. The monoisotopic (exact) mass is 1610 g/mol. The minimum Gasteiger partial charge on any atom is -0.394 e. The number of amides is 14. The third-order valence-corrected chi connectivity index (χ3v) is 21.2. The lowest BCUT2D eigenvalue weighted by atomic mass is 9.99. The van der Waals surface area contributed by atoms with E-state index >= 15 is 24.0 Å². The third kappa shape index (κ3) is 25.0. The Bertz CT molecular complexity index is 4460. The second-order valence-corrected chi connectivity index (χ2v) is 30.7. The minimum absolute atomic E-state index is 0.00945. The molecule has 0 bridgehead atoms. The number of rotatable bonds is 37. The summed E-state index contributed by atoms with van der Waals surface area (Å²) in [7, 11) is 0. The molecule has 618 valence electrons. The quantitative estimate of drug-likeness (QED) is 0.0115. The van der Waals surface area contributed by atoms with Gasteiger partial charge in [0.1, 0.15) is 60.4 Å². The Morgan fingerprint density at radius 2 is 1.16 bits per heavy atom. The number of likely N-dealkylation sites (tertiary alicyclic amines) is 2. The number of nitrogens with two attached hydrogens (primary N) is 2. The van der Waals surface area contributed by atoms with Gasteiger partial charge in [-0.2, -0.15) is 0 Å². The molecule has 4 aliphatic rings. The highest BCUT2D eigenvalue weighted by atomic mass is 35.5. The van der Waals surface area contributed by atoms with Crippen molar-refractivity contribution < 1.29 is 67.4 Å². The highest BCUT2D eigenvalue weighted by Crippen LogP contribution is 2.26. The number of fused-ring (bicyclic) bond motifs is 1. The van der Waals surface area contributed by atoms with E-state index in [0.717, 1.165) is 46.1 Å². The van der Waals surface area contributed by atoms with Gasteiger partial charge in [0.05, 0.1) is 19.8 Å². The number of anilines is 1. The van der Waals surface area contributed by atoms with Gasteiger partial charge in [-0.3, -0.25) is 63.2 Å². The van der Waals surface area contributed by atoms with E-state index in [9.17, 15) is 38.7 Å². The standard InChI is InChI=1S/C83H105ClN18O14/c1-50(2)40-63(72(105)92-62(15-10-32-89-81(86)87)79(112)101-35-11-16-69(101)77(110)90-51(3)71(85)104)93-73(106)64(43-53-24-29-61(30-25-53)91-82(114)100-33-7-4-8-34-100)94-74(107)65(42-52-17-19-55(20-18-52)48-99-36-38-116-39-37-99)95-76(109)68(49-103)97-75(108)66(45-57-12-9-31-88-47-57)96-78(111)70(46-54-22-27-60(84)28-23-54)102-80(113)67(98-83(102)115)44-56-21-26-58-13-5-6-14-59(58)41-56/h5-6,9,12-14,17-31,41,47,50-51,62-70,103H,4,7-8,10-11,15-16,32-40,42-46,48-49H2,1-3H3,(H2,85,104)(H,90,110)(H,91,114)(H,92,105)(H,93,106)(H,94,107)(H,95,109)(H,96,111)(H,97,108)(H,98,115)(H4,86,87,89)/t51-,62+,63+,64-,65+,66-,67?,68+,69+,70?/m1/s1. The number of urea groups is 2. The molecular formula is C83H105ClN18O14. The van der Waals surface area contributed by atoms with Gasteiger partial charge in [-0.15, -0.1) is 0 Å². The summed E-state index contributed by atoms with van der Waals surface area (Å²) in [6.45, 7) is 8.47. The van der Waals surface area contributed by atoms with Crippen LogP contribution in [0, 0.1) is 11.3 Å². The molecule has 1 aromatic heterocycles. The van der Waals surface area contributed by atoms with Crippen LogP contribution in [0.15, 0.2) is 140 Å². The van der Waals surface area contributed by atoms with Crippen LogP contribution in [-0.2, 0) is 91.3 Å². The van der Waals surface area contributed by atoms with Crippen molar-refractivity contribution in [3.8, 4) is 0 Å². The molecule has 4 saturated heterocycles. The van der Waals surface area contributed by atoms with Gasteiger partial charge in [0.15, 0.2) is 5.96 Å². The number of carbonyl (C=O) groups is 12. The van der Waals surface area contributed by atoms with E-state index in [1.165, 1.54) is 24.2 Å². The maximum Gasteiger partial charge on any atom is 0.325 e. The van der Waals surface area contributed by atoms with Crippen molar-refractivity contribution in [2.24, 2.45) is 17.4 Å². The van der Waals surface area contributed by atoms with Crippen LogP contribution in [0.3, 0.4) is 0 Å². The van der Waals surface area contributed by atoms with Gasteiger partial charge in [-0.1, -0.05) is 123 Å². The van der Waals surface area contributed by atoms with Crippen molar-refractivity contribution in [3.63, 3.8) is 0 Å². The van der Waals surface area contributed by atoms with Crippen molar-refractivity contribution in [3.05, 3.63) is 178 Å². The fourth-order valence-corrected chi connectivity index (χ4v) is 14.7. The number of benzene rings is 5. The van der Waals surface area contributed by atoms with Crippen LogP contribution >= 0.6 is 11.6 Å². The second kappa shape index (κ2) is 42.1. The number of pyridine rings is 1. The van der Waals surface area contributed by atoms with Gasteiger partial charge in [0.25, 0.3) is 5.91 Å². The second-order valence-electron chi connectivity index (χ2n) is 30.3. The van der Waals surface area contributed by atoms with Crippen molar-refractivity contribution in [1.82, 2.24) is 72.4 Å². The first-order chi connectivity index (χ1) is 55.7. The number of aliphatic hydroxyl groups excluding tert-OH is 1. The van der Waals surface area contributed by atoms with Crippen molar-refractivity contribution in [1.29, 1.82) is 5.41 Å². The molecule has 10 rings (SSSR count). The van der Waals surface area contributed by atoms with E-state index in [1.54, 1.807) is 91.5 Å². The summed E-state index contributed by atoms with van der Waals surface area (Å²) in [5.41, 5.74) is 15.1. The minimum atomic E-state index is -1.85. The molecular weight excluding hydrogens is 1510 g/mol. The zero-order chi connectivity index (χ0) is 83.0. The lowest BCUT2D eigenvalue weighted by Gasteiger charge is -2.31. The first-order valence-electron chi connectivity index (χ1n) is 39.4. The van der Waals surface area contributed by atoms with E-state index < -0.39 is 132 Å². The van der Waals surface area contributed by atoms with Gasteiger partial charge in [-0.25, -0.2) is 14.5 Å². The molecule has 10 atom stereocenters. The summed E-state index contributed by atoms with van der Waals surface area (Å²) in [4.78, 5) is 184. The van der Waals surface area contributed by atoms with Gasteiger partial charge >= 0.3 is 12.1 Å². The molecule has 0 spiro atoms. The van der Waals surface area contributed by atoms with Crippen LogP contribution in [0.4, 0.5) is 15.3 Å². The smallest absolute Gasteiger partial charge is 0.325 e. The number of nitrogens with zero attached hydrogens (tertiary/aromatic N) is 5. The number of nitrogens with one attached hydrogen (secondary N) is 11. The molecule has 2 unspecified atom stereocenters. The summed E-state index contributed by atoms with van der Waals surface area (Å²) in [6.07, 6.45) is 5.54. The average Bonchev–Trinajstić information content (AvgIpc) is 1.64. The summed E-state index contributed by atoms with van der Waals surface area (Å²) in [5, 5.41) is 48.6. The Kier molecular flexibility index (Phi) is 31.5. The molecule has 33 heteroatoms. The SMILES string of the molecule is CC(C)C[C@H](NC(=O)[C@@H](Cc1ccc(NC(=O)N2CCCCC2)cc1)NC(=O)[C@H](Cc1ccc(CN2CCOCC2)cc1)NC(=O)[C@H](CO)NC(=O)[C@@H](Cc1cccnc1)NC(=O)C(Cc1ccc(Cl)cc1)N1C(=O)NC(Cc2ccc3ccccc3c2)C1=O)C(=O)N[C@@H](CCCNC(=N)N)C(=O)N1CCC[C@H]1C(=O)N[C@H](C)C(N)=O. The molecule has 0 radical (unpaired) electrons. The molecule has 6 aromatic rings. The Hall–Kier alpha value is -11.6. The molecule has 5 heterocycles. The van der Waals surface area contributed by atoms with Crippen LogP contribution < -0.4 is 64.6 Å². The fourth-order valence-electron chi connectivity index (χ4n) is 14.6. The molecule has 116 heavy (non-hydrogen) atoms. The van der Waals surface area contributed by atoms with Gasteiger partial charge in [0, 0.05) is 101 Å². The predicted molar refractivity (Wildman–Crippen MR) is 433 cm³/mol. The number of primary amides is 1. The number of imide groups is 1. The highest BCUT2D eigenvalue weighted by molar-refractivity contribution is 6.30. The lowest BCUT2D eigenvalue weighted by molar-refractivity contribution is -0.142. The van der Waals surface area contributed by atoms with E-state index in [0.29, 0.717) is 85.3 Å². The molecule has 14 amide bonds.